The monoisotopic (exact) mass is 366 g/mol. The third-order valence-electron chi connectivity index (χ3n) is 3.77. The molecule has 23 heavy (non-hydrogen) atoms. The Balaban J connectivity index is 2.36. The zero-order chi connectivity index (χ0) is 16.9. The quantitative estimate of drug-likeness (QED) is 0.576. The molecule has 2 aromatic carbocycles. The first kappa shape index (κ1) is 16.9. The molecule has 0 amide bonds. The molecular formula is C19H15BrN2O. The molecule has 0 aliphatic carbocycles. The van der Waals surface area contributed by atoms with Crippen molar-refractivity contribution in [1.29, 1.82) is 10.5 Å². The Hall–Kier alpha value is -2.43. The Morgan fingerprint density at radius 2 is 1.65 bits per heavy atom. The number of hydrogen-bond acceptors (Lipinski definition) is 3. The van der Waals surface area contributed by atoms with Gasteiger partial charge in [-0.3, -0.25) is 4.79 Å². The highest BCUT2D eigenvalue weighted by Crippen LogP contribution is 2.38. The van der Waals surface area contributed by atoms with Crippen molar-refractivity contribution in [2.45, 2.75) is 23.6 Å². The molecule has 114 valence electrons. The molecule has 1 unspecified atom stereocenters. The minimum atomic E-state index is -1.44. The highest BCUT2D eigenvalue weighted by Gasteiger charge is 2.39. The van der Waals surface area contributed by atoms with Crippen LogP contribution in [0.4, 0.5) is 0 Å². The molecule has 0 bridgehead atoms. The third-order valence-corrected chi connectivity index (χ3v) is 4.68. The van der Waals surface area contributed by atoms with Crippen molar-refractivity contribution >= 4 is 21.7 Å². The average Bonchev–Trinajstić information content (AvgIpc) is 2.60. The van der Waals surface area contributed by atoms with Crippen molar-refractivity contribution in [3.05, 3.63) is 71.3 Å². The smallest absolute Gasteiger partial charge is 0.204 e. The summed E-state index contributed by atoms with van der Waals surface area (Å²) in [4.78, 5) is 12.6. The molecule has 0 heterocycles. The van der Waals surface area contributed by atoms with Crippen molar-refractivity contribution in [3.8, 4) is 12.1 Å². The van der Waals surface area contributed by atoms with Gasteiger partial charge in [0.25, 0.3) is 0 Å². The topological polar surface area (TPSA) is 64.7 Å². The highest BCUT2D eigenvalue weighted by atomic mass is 79.9. The van der Waals surface area contributed by atoms with Gasteiger partial charge in [0.05, 0.1) is 12.1 Å². The highest BCUT2D eigenvalue weighted by molar-refractivity contribution is 9.10. The first-order valence-electron chi connectivity index (χ1n) is 7.16. The Morgan fingerprint density at radius 3 is 2.17 bits per heavy atom. The van der Waals surface area contributed by atoms with E-state index in [2.05, 4.69) is 15.9 Å². The van der Waals surface area contributed by atoms with Crippen molar-refractivity contribution in [2.75, 3.05) is 0 Å². The number of ketones is 1. The van der Waals surface area contributed by atoms with Crippen LogP contribution in [0.2, 0.25) is 0 Å². The Morgan fingerprint density at radius 1 is 1.09 bits per heavy atom. The number of aryl methyl sites for hydroxylation is 1. The van der Waals surface area contributed by atoms with E-state index in [1.807, 2.05) is 61.5 Å². The molecule has 1 atom stereocenters. The van der Waals surface area contributed by atoms with Crippen LogP contribution in [0.25, 0.3) is 0 Å². The van der Waals surface area contributed by atoms with Crippen LogP contribution in [0.1, 0.15) is 33.8 Å². The number of nitrogens with zero attached hydrogens (tertiary/aromatic N) is 2. The van der Waals surface area contributed by atoms with Crippen LogP contribution >= 0.6 is 15.9 Å². The lowest BCUT2D eigenvalue weighted by molar-refractivity contribution is 0.0972. The molecule has 0 radical (unpaired) electrons. The van der Waals surface area contributed by atoms with E-state index in [0.717, 1.165) is 11.1 Å². The van der Waals surface area contributed by atoms with E-state index in [1.165, 1.54) is 0 Å². The molecule has 4 heteroatoms. The summed E-state index contributed by atoms with van der Waals surface area (Å²) in [5, 5.41) is 18.8. The maximum atomic E-state index is 12.6. The van der Waals surface area contributed by atoms with Gasteiger partial charge in [0.15, 0.2) is 5.78 Å². The van der Waals surface area contributed by atoms with E-state index in [4.69, 9.17) is 0 Å². The molecule has 0 saturated carbocycles. The van der Waals surface area contributed by atoms with Gasteiger partial charge in [0, 0.05) is 17.9 Å². The molecule has 2 rings (SSSR count). The predicted octanol–water partition coefficient (Wildman–Crippen LogP) is 4.53. The van der Waals surface area contributed by atoms with E-state index in [-0.39, 0.29) is 12.2 Å². The first-order chi connectivity index (χ1) is 11.0. The fourth-order valence-electron chi connectivity index (χ4n) is 2.40. The van der Waals surface area contributed by atoms with Gasteiger partial charge in [-0.05, 0) is 12.5 Å². The number of Topliss-reactive ketones (excluding diaryl/α,β-unsaturated/α-hetero) is 1. The van der Waals surface area contributed by atoms with Gasteiger partial charge in [-0.25, -0.2) is 0 Å². The molecular weight excluding hydrogens is 352 g/mol. The minimum absolute atomic E-state index is 0.0828. The lowest BCUT2D eigenvalue weighted by Crippen LogP contribution is -2.28. The fraction of sp³-hybridized carbons (Fsp3) is 0.211. The summed E-state index contributed by atoms with van der Waals surface area (Å²) in [6, 6.07) is 20.5. The first-order valence-corrected chi connectivity index (χ1v) is 7.95. The van der Waals surface area contributed by atoms with Crippen LogP contribution in [0.5, 0.6) is 0 Å². The summed E-state index contributed by atoms with van der Waals surface area (Å²) in [5.41, 5.74) is 2.44. The van der Waals surface area contributed by atoms with Crippen molar-refractivity contribution < 1.29 is 4.79 Å². The van der Waals surface area contributed by atoms with Crippen molar-refractivity contribution in [3.63, 3.8) is 0 Å². The zero-order valence-corrected chi connectivity index (χ0v) is 14.2. The summed E-state index contributed by atoms with van der Waals surface area (Å²) in [5.74, 6) is -0.638. The van der Waals surface area contributed by atoms with Gasteiger partial charge >= 0.3 is 0 Å². The maximum Gasteiger partial charge on any atom is 0.204 e. The summed E-state index contributed by atoms with van der Waals surface area (Å²) in [6.45, 7) is 1.95. The molecule has 0 aliphatic heterocycles. The molecule has 0 spiro atoms. The molecule has 0 aromatic heterocycles. The molecule has 0 saturated heterocycles. The normalized spacial score (nSPS) is 12.0. The Kier molecular flexibility index (Phi) is 5.32. The molecule has 0 fully saturated rings. The van der Waals surface area contributed by atoms with E-state index in [0.29, 0.717) is 5.56 Å². The van der Waals surface area contributed by atoms with Gasteiger partial charge in [-0.15, -0.1) is 0 Å². The number of carbonyl (C=O) groups excluding carboxylic acids is 1. The largest absolute Gasteiger partial charge is 0.294 e. The molecule has 0 aliphatic rings. The molecule has 3 nitrogen and oxygen atoms in total. The lowest BCUT2D eigenvalue weighted by Gasteiger charge is -2.24. The summed E-state index contributed by atoms with van der Waals surface area (Å²) in [7, 11) is 0. The number of alkyl halides is 1. The molecule has 0 N–H and O–H groups in total. The zero-order valence-electron chi connectivity index (χ0n) is 12.7. The standard InChI is InChI=1S/C19H15BrN2O/c1-14-7-9-16(10-8-14)18(23)11-17(19(20,12-21)13-22)15-5-3-2-4-6-15/h2-10,17H,11H2,1H3. The van der Waals surface area contributed by atoms with Crippen LogP contribution in [0, 0.1) is 29.6 Å². The number of rotatable bonds is 5. The second-order valence-electron chi connectivity index (χ2n) is 5.39. The van der Waals surface area contributed by atoms with Crippen LogP contribution < -0.4 is 0 Å². The van der Waals surface area contributed by atoms with E-state index >= 15 is 0 Å². The average molecular weight is 367 g/mol. The predicted molar refractivity (Wildman–Crippen MR) is 92.2 cm³/mol. The van der Waals surface area contributed by atoms with Crippen LogP contribution in [-0.2, 0) is 0 Å². The summed E-state index contributed by atoms with van der Waals surface area (Å²) in [6.07, 6.45) is 0.0828. The van der Waals surface area contributed by atoms with E-state index in [1.54, 1.807) is 12.1 Å². The van der Waals surface area contributed by atoms with Gasteiger partial charge in [-0.1, -0.05) is 76.1 Å². The summed E-state index contributed by atoms with van der Waals surface area (Å²) >= 11 is 3.22. The van der Waals surface area contributed by atoms with Crippen LogP contribution in [0.3, 0.4) is 0 Å². The van der Waals surface area contributed by atoms with E-state index < -0.39 is 10.2 Å². The van der Waals surface area contributed by atoms with Crippen LogP contribution in [-0.4, -0.2) is 10.1 Å². The number of benzene rings is 2. The van der Waals surface area contributed by atoms with Crippen LogP contribution in [0.15, 0.2) is 54.6 Å². The number of carbonyl (C=O) groups is 1. The maximum absolute atomic E-state index is 12.6. The Bertz CT molecular complexity index is 756. The third kappa shape index (κ3) is 3.86. The number of nitriles is 2. The van der Waals surface area contributed by atoms with E-state index in [9.17, 15) is 15.3 Å². The van der Waals surface area contributed by atoms with Gasteiger partial charge in [-0.2, -0.15) is 10.5 Å². The van der Waals surface area contributed by atoms with Crippen molar-refractivity contribution in [1.82, 2.24) is 0 Å². The SMILES string of the molecule is Cc1ccc(C(=O)CC(c2ccccc2)C(Br)(C#N)C#N)cc1. The fourth-order valence-corrected chi connectivity index (χ4v) is 2.82. The van der Waals surface area contributed by atoms with Gasteiger partial charge in [0.1, 0.15) is 0 Å². The molecule has 2 aromatic rings. The minimum Gasteiger partial charge on any atom is -0.294 e. The number of hydrogen-bond donors (Lipinski definition) is 0. The van der Waals surface area contributed by atoms with Gasteiger partial charge < -0.3 is 0 Å². The van der Waals surface area contributed by atoms with Crippen molar-refractivity contribution in [2.24, 2.45) is 0 Å². The summed E-state index contributed by atoms with van der Waals surface area (Å²) < 4.78 is -1.44. The second kappa shape index (κ2) is 7.22. The van der Waals surface area contributed by atoms with Gasteiger partial charge in [0.2, 0.25) is 4.32 Å². The number of halogens is 1. The lowest BCUT2D eigenvalue weighted by atomic mass is 9.82. The Labute approximate surface area is 144 Å². The second-order valence-corrected chi connectivity index (χ2v) is 6.64.